The Kier molecular flexibility index (Phi) is 7.51. The number of nitrogens with zero attached hydrogens (tertiary/aromatic N) is 3. The Bertz CT molecular complexity index is 637. The minimum Gasteiger partial charge on any atom is -0.497 e. The maximum Gasteiger partial charge on any atom is 0.227 e. The molecule has 0 amide bonds. The van der Waals surface area contributed by atoms with Gasteiger partial charge in [0.05, 0.1) is 7.11 Å². The van der Waals surface area contributed by atoms with Crippen molar-refractivity contribution in [3.63, 3.8) is 0 Å². The Morgan fingerprint density at radius 1 is 1.04 bits per heavy atom. The van der Waals surface area contributed by atoms with Gasteiger partial charge in [0.2, 0.25) is 5.95 Å². The molecule has 5 nitrogen and oxygen atoms in total. The highest BCUT2D eigenvalue weighted by Crippen LogP contribution is 2.15. The lowest BCUT2D eigenvalue weighted by molar-refractivity contribution is 0.414. The van der Waals surface area contributed by atoms with Crippen LogP contribution in [-0.4, -0.2) is 36.7 Å². The summed E-state index contributed by atoms with van der Waals surface area (Å²) in [5, 5.41) is 3.43. The van der Waals surface area contributed by atoms with Crippen LogP contribution in [0.2, 0.25) is 0 Å². The highest BCUT2D eigenvalue weighted by atomic mass is 16.5. The lowest BCUT2D eigenvalue weighted by Crippen LogP contribution is -2.27. The van der Waals surface area contributed by atoms with E-state index in [0.29, 0.717) is 0 Å². The van der Waals surface area contributed by atoms with E-state index in [0.717, 1.165) is 62.1 Å². The van der Waals surface area contributed by atoms with Gasteiger partial charge in [-0.1, -0.05) is 26.0 Å². The van der Waals surface area contributed by atoms with Gasteiger partial charge in [-0.25, -0.2) is 4.98 Å². The third kappa shape index (κ3) is 5.93. The fourth-order valence-corrected chi connectivity index (χ4v) is 2.76. The maximum absolute atomic E-state index is 5.19. The largest absolute Gasteiger partial charge is 0.497 e. The van der Waals surface area contributed by atoms with Crippen LogP contribution in [0.25, 0.3) is 0 Å². The molecular formula is C20H30N4O. The van der Waals surface area contributed by atoms with Crippen LogP contribution in [0.4, 0.5) is 11.8 Å². The van der Waals surface area contributed by atoms with E-state index in [9.17, 15) is 0 Å². The van der Waals surface area contributed by atoms with Crippen molar-refractivity contribution in [2.45, 2.75) is 40.0 Å². The van der Waals surface area contributed by atoms with Crippen LogP contribution in [0.15, 0.2) is 30.3 Å². The second-order valence-corrected chi connectivity index (χ2v) is 6.21. The lowest BCUT2D eigenvalue weighted by Gasteiger charge is -2.22. The summed E-state index contributed by atoms with van der Waals surface area (Å²) in [6.07, 6.45) is 3.13. The Morgan fingerprint density at radius 2 is 1.72 bits per heavy atom. The quantitative estimate of drug-likeness (QED) is 0.705. The molecule has 25 heavy (non-hydrogen) atoms. The standard InChI is InChI=1S/C20H30N4O/c1-5-13-24(14-6-2)20-22-16(3)15-19(23-20)21-12-11-17-7-9-18(25-4)10-8-17/h7-10,15H,5-6,11-14H2,1-4H3,(H,21,22,23). The van der Waals surface area contributed by atoms with Gasteiger partial charge in [-0.2, -0.15) is 4.98 Å². The molecular weight excluding hydrogens is 312 g/mol. The summed E-state index contributed by atoms with van der Waals surface area (Å²) in [6, 6.07) is 10.2. The first-order valence-electron chi connectivity index (χ1n) is 9.13. The summed E-state index contributed by atoms with van der Waals surface area (Å²) < 4.78 is 5.19. The Balaban J connectivity index is 1.98. The molecule has 1 N–H and O–H groups in total. The van der Waals surface area contributed by atoms with E-state index in [1.807, 2.05) is 25.1 Å². The highest BCUT2D eigenvalue weighted by molar-refractivity contribution is 5.44. The molecule has 1 aromatic heterocycles. The number of hydrogen-bond donors (Lipinski definition) is 1. The van der Waals surface area contributed by atoms with Gasteiger partial charge in [0.15, 0.2) is 0 Å². The van der Waals surface area contributed by atoms with Crippen molar-refractivity contribution < 1.29 is 4.74 Å². The Labute approximate surface area is 151 Å². The fraction of sp³-hybridized carbons (Fsp3) is 0.500. The molecule has 136 valence electrons. The maximum atomic E-state index is 5.19. The topological polar surface area (TPSA) is 50.3 Å². The molecule has 0 unspecified atom stereocenters. The van der Waals surface area contributed by atoms with Gasteiger partial charge in [0, 0.05) is 31.4 Å². The van der Waals surface area contributed by atoms with Gasteiger partial charge in [-0.3, -0.25) is 0 Å². The molecule has 0 radical (unpaired) electrons. The third-order valence-corrected chi connectivity index (χ3v) is 3.99. The molecule has 2 aromatic rings. The van der Waals surface area contributed by atoms with E-state index in [2.05, 4.69) is 41.2 Å². The van der Waals surface area contributed by atoms with Gasteiger partial charge >= 0.3 is 0 Å². The second kappa shape index (κ2) is 9.87. The average Bonchev–Trinajstić information content (AvgIpc) is 2.62. The first-order chi connectivity index (χ1) is 12.2. The number of anilines is 2. The van der Waals surface area contributed by atoms with Crippen molar-refractivity contribution in [2.75, 3.05) is 37.0 Å². The highest BCUT2D eigenvalue weighted by Gasteiger charge is 2.10. The van der Waals surface area contributed by atoms with Crippen molar-refractivity contribution in [1.29, 1.82) is 0 Å². The van der Waals surface area contributed by atoms with Gasteiger partial charge in [-0.05, 0) is 43.9 Å². The minimum atomic E-state index is 0.829. The minimum absolute atomic E-state index is 0.829. The van der Waals surface area contributed by atoms with E-state index in [1.165, 1.54) is 5.56 Å². The SMILES string of the molecule is CCCN(CCC)c1nc(C)cc(NCCc2ccc(OC)cc2)n1. The van der Waals surface area contributed by atoms with E-state index < -0.39 is 0 Å². The van der Waals surface area contributed by atoms with E-state index in [1.54, 1.807) is 7.11 Å². The zero-order chi connectivity index (χ0) is 18.1. The number of aryl methyl sites for hydroxylation is 1. The monoisotopic (exact) mass is 342 g/mol. The number of ether oxygens (including phenoxy) is 1. The van der Waals surface area contributed by atoms with Crippen LogP contribution in [-0.2, 0) is 6.42 Å². The number of nitrogens with one attached hydrogen (secondary N) is 1. The number of rotatable bonds is 10. The molecule has 2 rings (SSSR count). The summed E-state index contributed by atoms with van der Waals surface area (Å²) in [4.78, 5) is 11.6. The normalized spacial score (nSPS) is 10.6. The smallest absolute Gasteiger partial charge is 0.227 e. The van der Waals surface area contributed by atoms with Crippen LogP contribution in [0, 0.1) is 6.92 Å². The summed E-state index contributed by atoms with van der Waals surface area (Å²) >= 11 is 0. The van der Waals surface area contributed by atoms with Crippen molar-refractivity contribution in [2.24, 2.45) is 0 Å². The molecule has 0 bridgehead atoms. The molecule has 5 heteroatoms. The predicted octanol–water partition coefficient (Wildman–Crippen LogP) is 4.07. The Hall–Kier alpha value is -2.30. The van der Waals surface area contributed by atoms with Crippen LogP contribution >= 0.6 is 0 Å². The molecule has 1 heterocycles. The number of benzene rings is 1. The van der Waals surface area contributed by atoms with Crippen LogP contribution < -0.4 is 15.0 Å². The predicted molar refractivity (Wildman–Crippen MR) is 105 cm³/mol. The van der Waals surface area contributed by atoms with Crippen molar-refractivity contribution in [3.8, 4) is 5.75 Å². The van der Waals surface area contributed by atoms with Crippen molar-refractivity contribution in [3.05, 3.63) is 41.6 Å². The van der Waals surface area contributed by atoms with E-state index in [-0.39, 0.29) is 0 Å². The molecule has 0 atom stereocenters. The van der Waals surface area contributed by atoms with Crippen LogP contribution in [0.1, 0.15) is 37.9 Å². The molecule has 0 aliphatic carbocycles. The summed E-state index contributed by atoms with van der Waals surface area (Å²) in [5.41, 5.74) is 2.27. The van der Waals surface area contributed by atoms with Crippen molar-refractivity contribution >= 4 is 11.8 Å². The molecule has 0 spiro atoms. The molecule has 0 saturated carbocycles. The number of aromatic nitrogens is 2. The molecule has 0 saturated heterocycles. The van der Waals surface area contributed by atoms with Gasteiger partial charge in [0.25, 0.3) is 0 Å². The fourth-order valence-electron chi connectivity index (χ4n) is 2.76. The van der Waals surface area contributed by atoms with Gasteiger partial charge < -0.3 is 15.0 Å². The van der Waals surface area contributed by atoms with E-state index >= 15 is 0 Å². The number of methoxy groups -OCH3 is 1. The first-order valence-corrected chi connectivity index (χ1v) is 9.13. The van der Waals surface area contributed by atoms with Crippen molar-refractivity contribution in [1.82, 2.24) is 9.97 Å². The molecule has 0 aliphatic heterocycles. The molecule has 0 aliphatic rings. The van der Waals surface area contributed by atoms with Crippen LogP contribution in [0.3, 0.4) is 0 Å². The zero-order valence-electron chi connectivity index (χ0n) is 15.9. The third-order valence-electron chi connectivity index (χ3n) is 3.99. The molecule has 1 aromatic carbocycles. The first kappa shape index (κ1) is 19.0. The van der Waals surface area contributed by atoms with Crippen LogP contribution in [0.5, 0.6) is 5.75 Å². The summed E-state index contributed by atoms with van der Waals surface area (Å²) in [5.74, 6) is 2.61. The lowest BCUT2D eigenvalue weighted by atomic mass is 10.1. The van der Waals surface area contributed by atoms with Gasteiger partial charge in [-0.15, -0.1) is 0 Å². The second-order valence-electron chi connectivity index (χ2n) is 6.21. The summed E-state index contributed by atoms with van der Waals surface area (Å²) in [7, 11) is 1.69. The Morgan fingerprint density at radius 3 is 2.32 bits per heavy atom. The average molecular weight is 342 g/mol. The summed E-state index contributed by atoms with van der Waals surface area (Å²) in [6.45, 7) is 9.21. The zero-order valence-corrected chi connectivity index (χ0v) is 15.9. The van der Waals surface area contributed by atoms with E-state index in [4.69, 9.17) is 9.72 Å². The van der Waals surface area contributed by atoms with Gasteiger partial charge in [0.1, 0.15) is 11.6 Å². The number of hydrogen-bond acceptors (Lipinski definition) is 5. The molecule has 0 fully saturated rings.